The lowest BCUT2D eigenvalue weighted by Crippen LogP contribution is -2.38. The van der Waals surface area contributed by atoms with Crippen LogP contribution in [0.4, 0.5) is 13.2 Å². The minimum Gasteiger partial charge on any atom is -0.274 e. The van der Waals surface area contributed by atoms with Crippen molar-refractivity contribution in [2.24, 2.45) is 7.05 Å². The molecule has 2 rings (SSSR count). The predicted octanol–water partition coefficient (Wildman–Crippen LogP) is 2.17. The van der Waals surface area contributed by atoms with Crippen molar-refractivity contribution in [1.82, 2.24) is 14.1 Å². The minimum atomic E-state index is -4.63. The maximum absolute atomic E-state index is 12.7. The molecule has 0 N–H and O–H groups in total. The van der Waals surface area contributed by atoms with E-state index in [0.29, 0.717) is 9.87 Å². The Hall–Kier alpha value is -1.87. The molecule has 0 radical (unpaired) electrons. The number of aromatic nitrogens is 2. The molecule has 1 aromatic heterocycles. The lowest BCUT2D eigenvalue weighted by atomic mass is 10.2. The average molecular weight is 333 g/mol. The molecular weight excluding hydrogens is 319 g/mol. The highest BCUT2D eigenvalue weighted by Gasteiger charge is 2.37. The molecule has 0 atom stereocenters. The van der Waals surface area contributed by atoms with E-state index in [0.717, 1.165) is 6.20 Å². The van der Waals surface area contributed by atoms with Crippen molar-refractivity contribution in [3.63, 3.8) is 0 Å². The number of hydrogen-bond acceptors (Lipinski definition) is 3. The molecule has 0 aliphatic heterocycles. The van der Waals surface area contributed by atoms with Crippen molar-refractivity contribution in [1.29, 1.82) is 0 Å². The van der Waals surface area contributed by atoms with E-state index in [9.17, 15) is 21.6 Å². The Balaban J connectivity index is 2.35. The van der Waals surface area contributed by atoms with Crippen LogP contribution >= 0.6 is 0 Å². The van der Waals surface area contributed by atoms with Crippen LogP contribution < -0.4 is 0 Å². The summed E-state index contributed by atoms with van der Waals surface area (Å²) in [5.41, 5.74) is 0.471. The van der Waals surface area contributed by atoms with Crippen molar-refractivity contribution in [2.45, 2.75) is 17.6 Å². The third-order valence-electron chi connectivity index (χ3n) is 2.88. The molecule has 0 unspecified atom stereocenters. The summed E-state index contributed by atoms with van der Waals surface area (Å²) < 4.78 is 64.6. The van der Waals surface area contributed by atoms with E-state index < -0.39 is 22.7 Å². The Morgan fingerprint density at radius 2 is 1.86 bits per heavy atom. The summed E-state index contributed by atoms with van der Waals surface area (Å²) in [4.78, 5) is -0.268. The summed E-state index contributed by atoms with van der Waals surface area (Å²) in [5.74, 6) is 0. The molecule has 0 aliphatic rings. The average Bonchev–Trinajstić information content (AvgIpc) is 2.85. The first kappa shape index (κ1) is 16.5. The predicted molar refractivity (Wildman–Crippen MR) is 73.3 cm³/mol. The van der Waals surface area contributed by atoms with Gasteiger partial charge in [0.1, 0.15) is 11.4 Å². The molecule has 5 nitrogen and oxygen atoms in total. The number of benzene rings is 1. The SMILES string of the molecule is Cn1cc(S(=O)(=O)N(Cc2ccccc2)CC(F)(F)F)cn1. The van der Waals surface area contributed by atoms with Gasteiger partial charge in [0.15, 0.2) is 0 Å². The number of rotatable bonds is 5. The van der Waals surface area contributed by atoms with Gasteiger partial charge in [0.25, 0.3) is 0 Å². The molecule has 22 heavy (non-hydrogen) atoms. The summed E-state index contributed by atoms with van der Waals surface area (Å²) >= 11 is 0. The number of alkyl halides is 3. The topological polar surface area (TPSA) is 55.2 Å². The number of sulfonamides is 1. The molecular formula is C13H14F3N3O2S. The molecule has 0 aliphatic carbocycles. The van der Waals surface area contributed by atoms with Crippen LogP contribution in [-0.2, 0) is 23.6 Å². The largest absolute Gasteiger partial charge is 0.402 e. The molecule has 120 valence electrons. The highest BCUT2D eigenvalue weighted by molar-refractivity contribution is 7.89. The first-order valence-corrected chi connectivity index (χ1v) is 7.72. The summed E-state index contributed by atoms with van der Waals surface area (Å²) in [7, 11) is -2.79. The quantitative estimate of drug-likeness (QED) is 0.843. The summed E-state index contributed by atoms with van der Waals surface area (Å²) in [6.45, 7) is -1.92. The maximum Gasteiger partial charge on any atom is 0.402 e. The third kappa shape index (κ3) is 4.08. The van der Waals surface area contributed by atoms with Gasteiger partial charge in [-0.15, -0.1) is 0 Å². The Bertz CT molecular complexity index is 726. The summed E-state index contributed by atoms with van der Waals surface area (Å²) in [5, 5.41) is 3.70. The second-order valence-corrected chi connectivity index (χ2v) is 6.66. The van der Waals surface area contributed by atoms with Gasteiger partial charge in [-0.05, 0) is 5.56 Å². The Morgan fingerprint density at radius 3 is 2.36 bits per heavy atom. The zero-order valence-electron chi connectivity index (χ0n) is 11.7. The van der Waals surface area contributed by atoms with Gasteiger partial charge in [-0.3, -0.25) is 4.68 Å². The molecule has 0 saturated carbocycles. The van der Waals surface area contributed by atoms with Crippen molar-refractivity contribution in [2.75, 3.05) is 6.54 Å². The van der Waals surface area contributed by atoms with Gasteiger partial charge in [0, 0.05) is 19.8 Å². The molecule has 0 amide bonds. The Kier molecular flexibility index (Phi) is 4.57. The summed E-state index contributed by atoms with van der Waals surface area (Å²) in [6, 6.07) is 8.12. The molecule has 0 saturated heterocycles. The van der Waals surface area contributed by atoms with Crippen LogP contribution in [0.1, 0.15) is 5.56 Å². The van der Waals surface area contributed by atoms with Crippen LogP contribution in [0.2, 0.25) is 0 Å². The van der Waals surface area contributed by atoms with E-state index in [-0.39, 0.29) is 11.4 Å². The second kappa shape index (κ2) is 6.09. The smallest absolute Gasteiger partial charge is 0.274 e. The number of aryl methyl sites for hydroxylation is 1. The van der Waals surface area contributed by atoms with E-state index in [4.69, 9.17) is 0 Å². The van der Waals surface area contributed by atoms with Crippen molar-refractivity contribution >= 4 is 10.0 Å². The van der Waals surface area contributed by atoms with Gasteiger partial charge < -0.3 is 0 Å². The Labute approximate surface area is 126 Å². The fourth-order valence-electron chi connectivity index (χ4n) is 1.89. The molecule has 1 aromatic carbocycles. The van der Waals surface area contributed by atoms with Gasteiger partial charge >= 0.3 is 6.18 Å². The highest BCUT2D eigenvalue weighted by atomic mass is 32.2. The van der Waals surface area contributed by atoms with E-state index in [2.05, 4.69) is 5.10 Å². The van der Waals surface area contributed by atoms with Gasteiger partial charge in [-0.1, -0.05) is 30.3 Å². The number of nitrogens with zero attached hydrogens (tertiary/aromatic N) is 3. The monoisotopic (exact) mass is 333 g/mol. The van der Waals surface area contributed by atoms with Crippen molar-refractivity contribution < 1.29 is 21.6 Å². The molecule has 0 fully saturated rings. The third-order valence-corrected chi connectivity index (χ3v) is 4.62. The fraction of sp³-hybridized carbons (Fsp3) is 0.308. The zero-order chi connectivity index (χ0) is 16.4. The van der Waals surface area contributed by atoms with E-state index in [1.807, 2.05) is 0 Å². The fourth-order valence-corrected chi connectivity index (χ4v) is 3.29. The zero-order valence-corrected chi connectivity index (χ0v) is 12.5. The summed E-state index contributed by atoms with van der Waals surface area (Å²) in [6.07, 6.45) is -2.43. The van der Waals surface area contributed by atoms with Gasteiger partial charge in [0.2, 0.25) is 10.0 Å². The normalized spacial score (nSPS) is 12.8. The van der Waals surface area contributed by atoms with Crippen LogP contribution in [0.15, 0.2) is 47.6 Å². The van der Waals surface area contributed by atoms with E-state index in [1.165, 1.54) is 17.9 Å². The lowest BCUT2D eigenvalue weighted by Gasteiger charge is -2.22. The number of halogens is 3. The maximum atomic E-state index is 12.7. The first-order chi connectivity index (χ1) is 10.2. The van der Waals surface area contributed by atoms with Crippen LogP contribution in [-0.4, -0.2) is 35.2 Å². The number of hydrogen-bond donors (Lipinski definition) is 0. The van der Waals surface area contributed by atoms with Crippen LogP contribution in [0, 0.1) is 0 Å². The van der Waals surface area contributed by atoms with Gasteiger partial charge in [-0.2, -0.15) is 22.6 Å². The highest BCUT2D eigenvalue weighted by Crippen LogP contribution is 2.24. The van der Waals surface area contributed by atoms with Crippen molar-refractivity contribution in [3.8, 4) is 0 Å². The second-order valence-electron chi connectivity index (χ2n) is 4.72. The standard InChI is InChI=1S/C13H14F3N3O2S/c1-18-9-12(7-17-18)22(20,21)19(10-13(14,15)16)8-11-5-3-2-4-6-11/h2-7,9H,8,10H2,1H3. The van der Waals surface area contributed by atoms with Gasteiger partial charge in [0.05, 0.1) is 6.20 Å². The van der Waals surface area contributed by atoms with Crippen LogP contribution in [0.3, 0.4) is 0 Å². The van der Waals surface area contributed by atoms with E-state index >= 15 is 0 Å². The lowest BCUT2D eigenvalue weighted by molar-refractivity contribution is -0.136. The first-order valence-electron chi connectivity index (χ1n) is 6.28. The van der Waals surface area contributed by atoms with Crippen LogP contribution in [0.5, 0.6) is 0 Å². The minimum absolute atomic E-state index is 0.268. The Morgan fingerprint density at radius 1 is 1.23 bits per heavy atom. The molecule has 9 heteroatoms. The molecule has 0 spiro atoms. The van der Waals surface area contributed by atoms with Crippen LogP contribution in [0.25, 0.3) is 0 Å². The molecule has 0 bridgehead atoms. The van der Waals surface area contributed by atoms with Gasteiger partial charge in [-0.25, -0.2) is 8.42 Å². The molecule has 2 aromatic rings. The van der Waals surface area contributed by atoms with Crippen molar-refractivity contribution in [3.05, 3.63) is 48.3 Å². The molecule has 1 heterocycles. The van der Waals surface area contributed by atoms with E-state index in [1.54, 1.807) is 30.3 Å².